The number of hydrogen-bond donors (Lipinski definition) is 0. The highest BCUT2D eigenvalue weighted by molar-refractivity contribution is 5.99. The topological polar surface area (TPSA) is 17.1 Å². The number of hydrogen-bond acceptors (Lipinski definition) is 1. The van der Waals surface area contributed by atoms with Crippen LogP contribution in [0.3, 0.4) is 0 Å². The van der Waals surface area contributed by atoms with Crippen molar-refractivity contribution in [3.8, 4) is 0 Å². The van der Waals surface area contributed by atoms with Crippen molar-refractivity contribution in [2.45, 2.75) is 53.4 Å². The monoisotopic (exact) mass is 180 g/mol. The molecule has 0 bridgehead atoms. The minimum absolute atomic E-state index is 0.211. The van der Waals surface area contributed by atoms with Crippen molar-refractivity contribution in [3.63, 3.8) is 0 Å². The number of carbonyl (C=O) groups is 1. The third kappa shape index (κ3) is 1.45. The highest BCUT2D eigenvalue weighted by Gasteiger charge is 2.39. The van der Waals surface area contributed by atoms with Crippen LogP contribution in [0, 0.1) is 5.41 Å². The quantitative estimate of drug-likeness (QED) is 0.649. The summed E-state index contributed by atoms with van der Waals surface area (Å²) in [6, 6.07) is 0. The lowest BCUT2D eigenvalue weighted by Gasteiger charge is -2.27. The molecule has 0 fully saturated rings. The molecule has 0 saturated heterocycles. The fraction of sp³-hybridized carbons (Fsp3) is 0.750. The highest BCUT2D eigenvalue weighted by Crippen LogP contribution is 2.46. The van der Waals surface area contributed by atoms with Gasteiger partial charge in [-0.2, -0.15) is 0 Å². The molecular weight excluding hydrogens is 160 g/mol. The van der Waals surface area contributed by atoms with Crippen LogP contribution in [0.1, 0.15) is 53.4 Å². The van der Waals surface area contributed by atoms with Crippen LogP contribution in [-0.4, -0.2) is 5.78 Å². The fourth-order valence-electron chi connectivity index (χ4n) is 2.57. The first-order valence-electron chi connectivity index (χ1n) is 5.34. The smallest absolute Gasteiger partial charge is 0.159 e. The molecule has 1 nitrogen and oxygen atoms in total. The molecule has 0 spiro atoms. The zero-order valence-corrected chi connectivity index (χ0v) is 9.24. The summed E-state index contributed by atoms with van der Waals surface area (Å²) in [4.78, 5) is 11.7. The van der Waals surface area contributed by atoms with Gasteiger partial charge in [0.15, 0.2) is 5.78 Å². The van der Waals surface area contributed by atoms with Crippen molar-refractivity contribution in [1.82, 2.24) is 0 Å². The van der Waals surface area contributed by atoms with E-state index in [9.17, 15) is 4.79 Å². The number of ketones is 1. The van der Waals surface area contributed by atoms with Crippen molar-refractivity contribution in [3.05, 3.63) is 11.1 Å². The molecular formula is C12H20O. The Hall–Kier alpha value is -0.590. The largest absolute Gasteiger partial charge is 0.295 e. The Bertz CT molecular complexity index is 244. The van der Waals surface area contributed by atoms with Gasteiger partial charge < -0.3 is 0 Å². The van der Waals surface area contributed by atoms with Crippen molar-refractivity contribution in [2.75, 3.05) is 0 Å². The first-order chi connectivity index (χ1) is 6.11. The lowest BCUT2D eigenvalue weighted by Crippen LogP contribution is -2.17. The van der Waals surface area contributed by atoms with Crippen LogP contribution in [0.5, 0.6) is 0 Å². The molecule has 1 aliphatic rings. The summed E-state index contributed by atoms with van der Waals surface area (Å²) in [5.41, 5.74) is 2.68. The van der Waals surface area contributed by atoms with E-state index in [-0.39, 0.29) is 5.41 Å². The Balaban J connectivity index is 3.07. The van der Waals surface area contributed by atoms with Gasteiger partial charge in [-0.1, -0.05) is 26.3 Å². The molecule has 74 valence electrons. The van der Waals surface area contributed by atoms with Gasteiger partial charge >= 0.3 is 0 Å². The maximum absolute atomic E-state index is 11.7. The van der Waals surface area contributed by atoms with Crippen molar-refractivity contribution < 1.29 is 4.79 Å². The van der Waals surface area contributed by atoms with Gasteiger partial charge in [0, 0.05) is 6.42 Å². The summed E-state index contributed by atoms with van der Waals surface area (Å²) in [6.45, 7) is 8.62. The zero-order chi connectivity index (χ0) is 10.1. The SMILES string of the molecule is CCC1=C(C)C(CC)(CC)CC1=O. The molecule has 0 aromatic heterocycles. The van der Waals surface area contributed by atoms with Gasteiger partial charge in [0.25, 0.3) is 0 Å². The molecule has 13 heavy (non-hydrogen) atoms. The van der Waals surface area contributed by atoms with Gasteiger partial charge in [-0.15, -0.1) is 0 Å². The molecule has 0 aliphatic heterocycles. The number of rotatable bonds is 3. The van der Waals surface area contributed by atoms with Gasteiger partial charge in [-0.05, 0) is 37.2 Å². The predicted octanol–water partition coefficient (Wildman–Crippen LogP) is 3.49. The van der Waals surface area contributed by atoms with E-state index >= 15 is 0 Å². The standard InChI is InChI=1S/C12H20O/c1-5-10-9(4)12(6-2,7-3)8-11(10)13/h5-8H2,1-4H3. The Labute approximate surface area is 81.2 Å². The molecule has 0 atom stereocenters. The molecule has 0 N–H and O–H groups in total. The predicted molar refractivity (Wildman–Crippen MR) is 55.6 cm³/mol. The van der Waals surface area contributed by atoms with Crippen molar-refractivity contribution in [1.29, 1.82) is 0 Å². The van der Waals surface area contributed by atoms with E-state index in [1.807, 2.05) is 0 Å². The Morgan fingerprint density at radius 2 is 1.77 bits per heavy atom. The summed E-state index contributed by atoms with van der Waals surface area (Å²) in [7, 11) is 0. The molecule has 0 aromatic carbocycles. The van der Waals surface area contributed by atoms with E-state index in [1.54, 1.807) is 0 Å². The van der Waals surface area contributed by atoms with Gasteiger partial charge in [-0.3, -0.25) is 4.79 Å². The molecule has 0 aromatic rings. The summed E-state index contributed by atoms with van der Waals surface area (Å²) in [6.07, 6.45) is 3.87. The fourth-order valence-corrected chi connectivity index (χ4v) is 2.57. The first kappa shape index (κ1) is 10.5. The molecule has 1 rings (SSSR count). The van der Waals surface area contributed by atoms with E-state index < -0.39 is 0 Å². The minimum atomic E-state index is 0.211. The maximum Gasteiger partial charge on any atom is 0.159 e. The highest BCUT2D eigenvalue weighted by atomic mass is 16.1. The van der Waals surface area contributed by atoms with E-state index in [4.69, 9.17) is 0 Å². The number of Topliss-reactive ketones (excluding diaryl/α,β-unsaturated/α-hetero) is 1. The van der Waals surface area contributed by atoms with Crippen LogP contribution in [0.25, 0.3) is 0 Å². The Morgan fingerprint density at radius 1 is 1.23 bits per heavy atom. The minimum Gasteiger partial charge on any atom is -0.295 e. The van der Waals surface area contributed by atoms with Crippen LogP contribution in [0.4, 0.5) is 0 Å². The second kappa shape index (κ2) is 3.65. The second-order valence-corrected chi connectivity index (χ2v) is 4.04. The average Bonchev–Trinajstić information content (AvgIpc) is 2.38. The Morgan fingerprint density at radius 3 is 2.00 bits per heavy atom. The molecule has 1 heteroatoms. The summed E-state index contributed by atoms with van der Waals surface area (Å²) in [5, 5.41) is 0. The first-order valence-corrected chi connectivity index (χ1v) is 5.34. The summed E-state index contributed by atoms with van der Waals surface area (Å²) in [5.74, 6) is 0.392. The molecule has 0 unspecified atom stereocenters. The molecule has 0 heterocycles. The van der Waals surface area contributed by atoms with Crippen LogP contribution in [0.15, 0.2) is 11.1 Å². The summed E-state index contributed by atoms with van der Waals surface area (Å²) >= 11 is 0. The Kier molecular flexibility index (Phi) is 2.94. The number of carbonyl (C=O) groups excluding carboxylic acids is 1. The van der Waals surface area contributed by atoms with E-state index in [1.165, 1.54) is 5.57 Å². The van der Waals surface area contributed by atoms with Crippen LogP contribution < -0.4 is 0 Å². The molecule has 0 amide bonds. The maximum atomic E-state index is 11.7. The van der Waals surface area contributed by atoms with E-state index in [0.717, 1.165) is 31.3 Å². The lowest BCUT2D eigenvalue weighted by atomic mass is 9.77. The zero-order valence-electron chi connectivity index (χ0n) is 9.24. The molecule has 0 saturated carbocycles. The van der Waals surface area contributed by atoms with Crippen LogP contribution in [0.2, 0.25) is 0 Å². The van der Waals surface area contributed by atoms with E-state index in [0.29, 0.717) is 5.78 Å². The van der Waals surface area contributed by atoms with Crippen molar-refractivity contribution in [2.24, 2.45) is 5.41 Å². The second-order valence-electron chi connectivity index (χ2n) is 4.04. The van der Waals surface area contributed by atoms with Gasteiger partial charge in [0.1, 0.15) is 0 Å². The number of allylic oxidation sites excluding steroid dienone is 2. The van der Waals surface area contributed by atoms with Gasteiger partial charge in [0.2, 0.25) is 0 Å². The average molecular weight is 180 g/mol. The van der Waals surface area contributed by atoms with Gasteiger partial charge in [0.05, 0.1) is 0 Å². The van der Waals surface area contributed by atoms with Crippen LogP contribution in [-0.2, 0) is 4.79 Å². The van der Waals surface area contributed by atoms with Crippen LogP contribution >= 0.6 is 0 Å². The van der Waals surface area contributed by atoms with Crippen molar-refractivity contribution >= 4 is 5.78 Å². The summed E-state index contributed by atoms with van der Waals surface area (Å²) < 4.78 is 0. The molecule has 1 aliphatic carbocycles. The molecule has 0 radical (unpaired) electrons. The van der Waals surface area contributed by atoms with E-state index in [2.05, 4.69) is 27.7 Å². The van der Waals surface area contributed by atoms with Gasteiger partial charge in [-0.25, -0.2) is 0 Å². The normalized spacial score (nSPS) is 21.4. The third-order valence-corrected chi connectivity index (χ3v) is 3.79. The lowest BCUT2D eigenvalue weighted by molar-refractivity contribution is -0.116. The third-order valence-electron chi connectivity index (χ3n) is 3.79.